The first-order valence-electron chi connectivity index (χ1n) is 5.46. The summed E-state index contributed by atoms with van der Waals surface area (Å²) in [6.45, 7) is 0. The molecule has 1 aliphatic rings. The summed E-state index contributed by atoms with van der Waals surface area (Å²) in [6, 6.07) is 7.79. The molecule has 0 saturated heterocycles. The van der Waals surface area contributed by atoms with Gasteiger partial charge in [0.05, 0.1) is 5.41 Å². The van der Waals surface area contributed by atoms with E-state index in [1.54, 1.807) is 0 Å². The second kappa shape index (κ2) is 4.02. The molecule has 0 radical (unpaired) electrons. The molecule has 0 fully saturated rings. The van der Waals surface area contributed by atoms with Crippen LogP contribution in [0.3, 0.4) is 0 Å². The Bertz CT molecular complexity index is 456. The first kappa shape index (κ1) is 10.8. The van der Waals surface area contributed by atoms with E-state index < -0.39 is 11.4 Å². The van der Waals surface area contributed by atoms with Gasteiger partial charge in [-0.15, -0.1) is 12.3 Å². The molecule has 0 aliphatic heterocycles. The number of terminal acetylenes is 1. The summed E-state index contributed by atoms with van der Waals surface area (Å²) in [7, 11) is 0. The summed E-state index contributed by atoms with van der Waals surface area (Å²) in [6.07, 6.45) is 7.81. The molecule has 2 rings (SSSR count). The number of rotatable bonds is 3. The second-order valence-electron chi connectivity index (χ2n) is 4.25. The number of carboxylic acids is 1. The van der Waals surface area contributed by atoms with Crippen molar-refractivity contribution >= 4 is 5.97 Å². The maximum absolute atomic E-state index is 11.5. The van der Waals surface area contributed by atoms with Crippen molar-refractivity contribution in [3.8, 4) is 12.3 Å². The standard InChI is InChI=1S/C14H14O2/c1-2-3-9-14(13(15)16)10-8-11-6-4-5-7-12(11)14/h1,4-7H,3,8-10H2,(H,15,16). The Balaban J connectivity index is 2.44. The van der Waals surface area contributed by atoms with Gasteiger partial charge in [-0.2, -0.15) is 0 Å². The molecule has 0 bridgehead atoms. The Morgan fingerprint density at radius 1 is 1.50 bits per heavy atom. The molecule has 1 N–H and O–H groups in total. The number of carboxylic acid groups (broad SMARTS) is 1. The van der Waals surface area contributed by atoms with Gasteiger partial charge in [-0.1, -0.05) is 24.3 Å². The highest BCUT2D eigenvalue weighted by Gasteiger charge is 2.44. The topological polar surface area (TPSA) is 37.3 Å². The Hall–Kier alpha value is -1.75. The van der Waals surface area contributed by atoms with Crippen LogP contribution >= 0.6 is 0 Å². The maximum Gasteiger partial charge on any atom is 0.314 e. The van der Waals surface area contributed by atoms with Gasteiger partial charge < -0.3 is 5.11 Å². The summed E-state index contributed by atoms with van der Waals surface area (Å²) in [5.41, 5.74) is 1.36. The third-order valence-corrected chi connectivity index (χ3v) is 3.46. The van der Waals surface area contributed by atoms with E-state index in [1.165, 1.54) is 0 Å². The van der Waals surface area contributed by atoms with E-state index in [0.717, 1.165) is 17.5 Å². The van der Waals surface area contributed by atoms with Crippen molar-refractivity contribution < 1.29 is 9.90 Å². The highest BCUT2D eigenvalue weighted by Crippen LogP contribution is 2.42. The number of fused-ring (bicyclic) bond motifs is 1. The largest absolute Gasteiger partial charge is 0.481 e. The fraction of sp³-hybridized carbons (Fsp3) is 0.357. The first-order valence-corrected chi connectivity index (χ1v) is 5.46. The van der Waals surface area contributed by atoms with Crippen LogP contribution in [0.1, 0.15) is 30.4 Å². The van der Waals surface area contributed by atoms with Crippen LogP contribution in [-0.2, 0) is 16.6 Å². The lowest BCUT2D eigenvalue weighted by atomic mass is 9.78. The zero-order chi connectivity index (χ0) is 11.6. The third kappa shape index (κ3) is 1.49. The normalized spacial score (nSPS) is 22.4. The van der Waals surface area contributed by atoms with Crippen molar-refractivity contribution in [2.24, 2.45) is 0 Å². The summed E-state index contributed by atoms with van der Waals surface area (Å²) in [5, 5.41) is 9.47. The fourth-order valence-electron chi connectivity index (χ4n) is 2.56. The van der Waals surface area contributed by atoms with Crippen molar-refractivity contribution in [2.45, 2.75) is 31.1 Å². The minimum Gasteiger partial charge on any atom is -0.481 e. The molecule has 0 spiro atoms. The number of hydrogen-bond donors (Lipinski definition) is 1. The molecule has 1 aromatic carbocycles. The zero-order valence-corrected chi connectivity index (χ0v) is 9.07. The number of benzene rings is 1. The van der Waals surface area contributed by atoms with Crippen molar-refractivity contribution in [1.29, 1.82) is 0 Å². The Kier molecular flexibility index (Phi) is 2.70. The van der Waals surface area contributed by atoms with Crippen LogP contribution < -0.4 is 0 Å². The van der Waals surface area contributed by atoms with E-state index in [0.29, 0.717) is 19.3 Å². The lowest BCUT2D eigenvalue weighted by Crippen LogP contribution is -2.33. The first-order chi connectivity index (χ1) is 7.70. The van der Waals surface area contributed by atoms with Crippen LogP contribution in [0.25, 0.3) is 0 Å². The van der Waals surface area contributed by atoms with Gasteiger partial charge in [0.15, 0.2) is 0 Å². The van der Waals surface area contributed by atoms with Crippen LogP contribution in [0.2, 0.25) is 0 Å². The molecule has 82 valence electrons. The fourth-order valence-corrected chi connectivity index (χ4v) is 2.56. The van der Waals surface area contributed by atoms with E-state index in [1.807, 2.05) is 24.3 Å². The van der Waals surface area contributed by atoms with Gasteiger partial charge in [0.25, 0.3) is 0 Å². The van der Waals surface area contributed by atoms with Gasteiger partial charge in [-0.05, 0) is 30.4 Å². The van der Waals surface area contributed by atoms with Gasteiger partial charge in [-0.3, -0.25) is 4.79 Å². The molecule has 0 amide bonds. The molecule has 2 nitrogen and oxygen atoms in total. The van der Waals surface area contributed by atoms with E-state index >= 15 is 0 Å². The van der Waals surface area contributed by atoms with Crippen LogP contribution in [0.5, 0.6) is 0 Å². The summed E-state index contributed by atoms with van der Waals surface area (Å²) in [5.74, 6) is 1.80. The average molecular weight is 214 g/mol. The second-order valence-corrected chi connectivity index (χ2v) is 4.25. The van der Waals surface area contributed by atoms with E-state index in [4.69, 9.17) is 6.42 Å². The van der Waals surface area contributed by atoms with E-state index in [9.17, 15) is 9.90 Å². The van der Waals surface area contributed by atoms with Crippen LogP contribution in [0, 0.1) is 12.3 Å². The number of aryl methyl sites for hydroxylation is 1. The minimum absolute atomic E-state index is 0.515. The molecular weight excluding hydrogens is 200 g/mol. The third-order valence-electron chi connectivity index (χ3n) is 3.46. The highest BCUT2D eigenvalue weighted by atomic mass is 16.4. The molecule has 2 heteroatoms. The molecule has 0 heterocycles. The number of carbonyl (C=O) groups is 1. The lowest BCUT2D eigenvalue weighted by Gasteiger charge is -2.24. The van der Waals surface area contributed by atoms with Gasteiger partial charge >= 0.3 is 5.97 Å². The maximum atomic E-state index is 11.5. The van der Waals surface area contributed by atoms with Crippen LogP contribution in [-0.4, -0.2) is 11.1 Å². The average Bonchev–Trinajstić information content (AvgIpc) is 2.67. The number of hydrogen-bond acceptors (Lipinski definition) is 1. The SMILES string of the molecule is C#CCCC1(C(=O)O)CCc2ccccc21. The van der Waals surface area contributed by atoms with Gasteiger partial charge in [0.1, 0.15) is 0 Å². The smallest absolute Gasteiger partial charge is 0.314 e. The summed E-state index contributed by atoms with van der Waals surface area (Å²) < 4.78 is 0. The van der Waals surface area contributed by atoms with Crippen molar-refractivity contribution in [2.75, 3.05) is 0 Å². The van der Waals surface area contributed by atoms with Crippen molar-refractivity contribution in [1.82, 2.24) is 0 Å². The molecular formula is C14H14O2. The Morgan fingerprint density at radius 2 is 2.25 bits per heavy atom. The predicted molar refractivity (Wildman–Crippen MR) is 62.1 cm³/mol. The lowest BCUT2D eigenvalue weighted by molar-refractivity contribution is -0.144. The zero-order valence-electron chi connectivity index (χ0n) is 9.07. The Morgan fingerprint density at radius 3 is 2.94 bits per heavy atom. The Labute approximate surface area is 95.3 Å². The quantitative estimate of drug-likeness (QED) is 0.784. The number of aliphatic carboxylic acids is 1. The molecule has 16 heavy (non-hydrogen) atoms. The van der Waals surface area contributed by atoms with E-state index in [-0.39, 0.29) is 0 Å². The molecule has 1 aliphatic carbocycles. The summed E-state index contributed by atoms with van der Waals surface area (Å²) in [4.78, 5) is 11.5. The summed E-state index contributed by atoms with van der Waals surface area (Å²) >= 11 is 0. The molecule has 0 aromatic heterocycles. The van der Waals surface area contributed by atoms with Crippen molar-refractivity contribution in [3.63, 3.8) is 0 Å². The minimum atomic E-state index is -0.747. The van der Waals surface area contributed by atoms with Gasteiger partial charge in [-0.25, -0.2) is 0 Å². The van der Waals surface area contributed by atoms with Crippen molar-refractivity contribution in [3.05, 3.63) is 35.4 Å². The molecule has 1 unspecified atom stereocenters. The molecule has 0 saturated carbocycles. The van der Waals surface area contributed by atoms with Crippen LogP contribution in [0.15, 0.2) is 24.3 Å². The predicted octanol–water partition coefficient (Wildman–Crippen LogP) is 2.37. The monoisotopic (exact) mass is 214 g/mol. The molecule has 1 atom stereocenters. The molecule has 1 aromatic rings. The van der Waals surface area contributed by atoms with Gasteiger partial charge in [0, 0.05) is 6.42 Å². The highest BCUT2D eigenvalue weighted by molar-refractivity contribution is 5.83. The van der Waals surface area contributed by atoms with Gasteiger partial charge in [0.2, 0.25) is 0 Å². The van der Waals surface area contributed by atoms with Crippen LogP contribution in [0.4, 0.5) is 0 Å². The van der Waals surface area contributed by atoms with E-state index in [2.05, 4.69) is 5.92 Å².